The lowest BCUT2D eigenvalue weighted by Gasteiger charge is -2.20. The fourth-order valence-corrected chi connectivity index (χ4v) is 4.54. The van der Waals surface area contributed by atoms with E-state index in [4.69, 9.17) is 5.84 Å². The summed E-state index contributed by atoms with van der Waals surface area (Å²) in [6.45, 7) is 3.92. The zero-order valence-electron chi connectivity index (χ0n) is 12.3. The third-order valence-electron chi connectivity index (χ3n) is 3.28. The number of hydrazine groups is 1. The summed E-state index contributed by atoms with van der Waals surface area (Å²) in [5.74, 6) is 5.39. The lowest BCUT2D eigenvalue weighted by molar-refractivity contribution is 0.466. The van der Waals surface area contributed by atoms with E-state index < -0.39 is 10.0 Å². The summed E-state index contributed by atoms with van der Waals surface area (Å²) in [6, 6.07) is 5.40. The number of anilines is 1. The van der Waals surface area contributed by atoms with E-state index in [2.05, 4.69) is 5.43 Å². The maximum absolute atomic E-state index is 12.8. The number of rotatable bonds is 5. The molecule has 0 amide bonds. The van der Waals surface area contributed by atoms with Gasteiger partial charge < -0.3 is 5.43 Å². The van der Waals surface area contributed by atoms with E-state index in [1.807, 2.05) is 16.8 Å². The molecule has 0 unspecified atom stereocenters. The Morgan fingerprint density at radius 3 is 2.38 bits per heavy atom. The molecule has 0 radical (unpaired) electrons. The Labute approximate surface area is 129 Å². The molecule has 2 rings (SSSR count). The molecule has 0 aliphatic heterocycles. The Hall–Kier alpha value is -1.41. The first kappa shape index (κ1) is 16.0. The van der Waals surface area contributed by atoms with E-state index in [1.54, 1.807) is 44.4 Å². The maximum Gasteiger partial charge on any atom is 0.243 e. The Kier molecular flexibility index (Phi) is 4.67. The zero-order valence-corrected chi connectivity index (χ0v) is 13.9. The molecule has 5 nitrogen and oxygen atoms in total. The van der Waals surface area contributed by atoms with Crippen molar-refractivity contribution in [3.05, 3.63) is 45.6 Å². The van der Waals surface area contributed by atoms with Crippen molar-refractivity contribution in [3.8, 4) is 0 Å². The molecule has 0 bridgehead atoms. The van der Waals surface area contributed by atoms with Crippen LogP contribution < -0.4 is 11.3 Å². The van der Waals surface area contributed by atoms with Crippen LogP contribution in [0, 0.1) is 13.8 Å². The molecule has 1 aromatic carbocycles. The van der Waals surface area contributed by atoms with E-state index in [0.29, 0.717) is 28.3 Å². The lowest BCUT2D eigenvalue weighted by Crippen LogP contribution is -2.27. The SMILES string of the molecule is Cc1cc(NN)cc(C)c1S(=O)(=O)N(C)Cc1ccsc1. The molecule has 0 aliphatic rings. The average Bonchev–Trinajstić information content (AvgIpc) is 2.90. The first-order chi connectivity index (χ1) is 9.86. The summed E-state index contributed by atoms with van der Waals surface area (Å²) >= 11 is 1.56. The highest BCUT2D eigenvalue weighted by Gasteiger charge is 2.25. The Balaban J connectivity index is 2.39. The first-order valence-electron chi connectivity index (χ1n) is 6.41. The van der Waals surface area contributed by atoms with Crippen LogP contribution in [0.3, 0.4) is 0 Å². The van der Waals surface area contributed by atoms with E-state index >= 15 is 0 Å². The second-order valence-electron chi connectivity index (χ2n) is 4.98. The number of aryl methyl sites for hydroxylation is 2. The Bertz CT molecular complexity index is 702. The highest BCUT2D eigenvalue weighted by molar-refractivity contribution is 7.89. The summed E-state index contributed by atoms with van der Waals surface area (Å²) in [5.41, 5.74) is 5.59. The van der Waals surface area contributed by atoms with Crippen LogP contribution in [0.25, 0.3) is 0 Å². The summed E-state index contributed by atoms with van der Waals surface area (Å²) < 4.78 is 26.9. The van der Waals surface area contributed by atoms with Crippen LogP contribution >= 0.6 is 11.3 Å². The average molecular weight is 325 g/mol. The molecule has 21 heavy (non-hydrogen) atoms. The molecule has 7 heteroatoms. The van der Waals surface area contributed by atoms with Crippen LogP contribution in [0.1, 0.15) is 16.7 Å². The van der Waals surface area contributed by atoms with Gasteiger partial charge in [0, 0.05) is 19.3 Å². The standard InChI is InChI=1S/C14H19N3O2S2/c1-10-6-13(16-15)7-11(2)14(10)21(18,19)17(3)8-12-4-5-20-9-12/h4-7,9,16H,8,15H2,1-3H3. The minimum absolute atomic E-state index is 0.347. The van der Waals surface area contributed by atoms with Crippen molar-refractivity contribution in [1.29, 1.82) is 0 Å². The van der Waals surface area contributed by atoms with Gasteiger partial charge >= 0.3 is 0 Å². The largest absolute Gasteiger partial charge is 0.324 e. The van der Waals surface area contributed by atoms with Crippen molar-refractivity contribution in [1.82, 2.24) is 4.31 Å². The highest BCUT2D eigenvalue weighted by atomic mass is 32.2. The van der Waals surface area contributed by atoms with Crippen molar-refractivity contribution in [2.24, 2.45) is 5.84 Å². The summed E-state index contributed by atoms with van der Waals surface area (Å²) in [5, 5.41) is 3.89. The Morgan fingerprint density at radius 1 is 1.29 bits per heavy atom. The highest BCUT2D eigenvalue weighted by Crippen LogP contribution is 2.27. The number of hydrogen-bond acceptors (Lipinski definition) is 5. The van der Waals surface area contributed by atoms with Gasteiger partial charge in [0.25, 0.3) is 0 Å². The number of nitrogens with one attached hydrogen (secondary N) is 1. The summed E-state index contributed by atoms with van der Waals surface area (Å²) in [4.78, 5) is 0.347. The van der Waals surface area contributed by atoms with Gasteiger partial charge in [0.05, 0.1) is 4.90 Å². The zero-order chi connectivity index (χ0) is 15.6. The molecule has 0 fully saturated rings. The van der Waals surface area contributed by atoms with Crippen molar-refractivity contribution in [2.45, 2.75) is 25.3 Å². The normalized spacial score (nSPS) is 11.9. The molecule has 0 spiro atoms. The molecule has 0 saturated carbocycles. The second-order valence-corrected chi connectivity index (χ2v) is 7.74. The summed E-state index contributed by atoms with van der Waals surface area (Å²) in [6.07, 6.45) is 0. The molecule has 2 aromatic rings. The maximum atomic E-state index is 12.8. The molecular weight excluding hydrogens is 306 g/mol. The van der Waals surface area contributed by atoms with Gasteiger partial charge in [-0.25, -0.2) is 8.42 Å². The minimum atomic E-state index is -3.53. The third kappa shape index (κ3) is 3.26. The number of sulfonamides is 1. The summed E-state index contributed by atoms with van der Waals surface area (Å²) in [7, 11) is -1.93. The predicted octanol–water partition coefficient (Wildman–Crippen LogP) is 2.47. The molecule has 0 atom stereocenters. The van der Waals surface area contributed by atoms with Crippen molar-refractivity contribution >= 4 is 27.0 Å². The number of nitrogens with zero attached hydrogens (tertiary/aromatic N) is 1. The minimum Gasteiger partial charge on any atom is -0.324 e. The van der Waals surface area contributed by atoms with Crippen molar-refractivity contribution < 1.29 is 8.42 Å². The molecule has 0 aliphatic carbocycles. The monoisotopic (exact) mass is 325 g/mol. The van der Waals surface area contributed by atoms with Crippen molar-refractivity contribution in [3.63, 3.8) is 0 Å². The van der Waals surface area contributed by atoms with Crippen LogP contribution in [-0.4, -0.2) is 19.8 Å². The number of nitrogen functional groups attached to an aromatic ring is 1. The molecule has 3 N–H and O–H groups in total. The van der Waals surface area contributed by atoms with Gasteiger partial charge in [0.2, 0.25) is 10.0 Å². The van der Waals surface area contributed by atoms with Gasteiger partial charge in [-0.2, -0.15) is 15.6 Å². The molecular formula is C14H19N3O2S2. The van der Waals surface area contributed by atoms with Crippen molar-refractivity contribution in [2.75, 3.05) is 12.5 Å². The van der Waals surface area contributed by atoms with Gasteiger partial charge in [0.15, 0.2) is 0 Å². The van der Waals surface area contributed by atoms with Crippen LogP contribution in [-0.2, 0) is 16.6 Å². The van der Waals surface area contributed by atoms with Gasteiger partial charge in [-0.05, 0) is 59.5 Å². The van der Waals surface area contributed by atoms with Crippen LogP contribution in [0.5, 0.6) is 0 Å². The molecule has 114 valence electrons. The Morgan fingerprint density at radius 2 is 1.90 bits per heavy atom. The van der Waals surface area contributed by atoms with Gasteiger partial charge in [-0.3, -0.25) is 5.84 Å². The molecule has 1 heterocycles. The fourth-order valence-electron chi connectivity index (χ4n) is 2.32. The van der Waals surface area contributed by atoms with E-state index in [9.17, 15) is 8.42 Å². The van der Waals surface area contributed by atoms with Gasteiger partial charge in [-0.15, -0.1) is 0 Å². The first-order valence-corrected chi connectivity index (χ1v) is 8.80. The number of nitrogens with two attached hydrogens (primary N) is 1. The molecule has 1 aromatic heterocycles. The second kappa shape index (κ2) is 6.15. The quantitative estimate of drug-likeness (QED) is 0.654. The lowest BCUT2D eigenvalue weighted by atomic mass is 10.1. The van der Waals surface area contributed by atoms with Gasteiger partial charge in [0.1, 0.15) is 0 Å². The number of thiophene rings is 1. The number of hydrogen-bond donors (Lipinski definition) is 2. The molecule has 0 saturated heterocycles. The topological polar surface area (TPSA) is 75.4 Å². The van der Waals surface area contributed by atoms with E-state index in [0.717, 1.165) is 5.56 Å². The van der Waals surface area contributed by atoms with Gasteiger partial charge in [-0.1, -0.05) is 0 Å². The fraction of sp³-hybridized carbons (Fsp3) is 0.286. The smallest absolute Gasteiger partial charge is 0.243 e. The predicted molar refractivity (Wildman–Crippen MR) is 86.7 cm³/mol. The third-order valence-corrected chi connectivity index (χ3v) is 6.12. The van der Waals surface area contributed by atoms with Crippen LogP contribution in [0.2, 0.25) is 0 Å². The van der Waals surface area contributed by atoms with E-state index in [1.165, 1.54) is 4.31 Å². The van der Waals surface area contributed by atoms with E-state index in [-0.39, 0.29) is 0 Å². The van der Waals surface area contributed by atoms with Crippen LogP contribution in [0.15, 0.2) is 33.9 Å². The number of benzene rings is 1. The van der Waals surface area contributed by atoms with Crippen LogP contribution in [0.4, 0.5) is 5.69 Å².